The number of ketones is 1. The minimum atomic E-state index is 0.309. The van der Waals surface area contributed by atoms with Gasteiger partial charge in [-0.1, -0.05) is 20.8 Å². The van der Waals surface area contributed by atoms with Crippen LogP contribution in [0.4, 0.5) is 0 Å². The first-order chi connectivity index (χ1) is 4.63. The third kappa shape index (κ3) is 1.23. The summed E-state index contributed by atoms with van der Waals surface area (Å²) >= 11 is 0. The fourth-order valence-corrected chi connectivity index (χ4v) is 1.65. The Morgan fingerprint density at radius 3 is 2.40 bits per heavy atom. The van der Waals surface area contributed by atoms with E-state index in [2.05, 4.69) is 20.8 Å². The van der Waals surface area contributed by atoms with Crippen LogP contribution in [0.3, 0.4) is 0 Å². The molecule has 0 bridgehead atoms. The molecule has 1 rings (SSSR count). The Balaban J connectivity index is 2.60. The van der Waals surface area contributed by atoms with E-state index >= 15 is 0 Å². The minimum absolute atomic E-state index is 0.309. The molecule has 0 aromatic heterocycles. The Bertz CT molecular complexity index is 140. The first-order valence-corrected chi connectivity index (χ1v) is 4.15. The molecule has 58 valence electrons. The number of hydrogen-bond donors (Lipinski definition) is 0. The van der Waals surface area contributed by atoms with Gasteiger partial charge in [0, 0.05) is 12.3 Å². The molecule has 0 aromatic rings. The van der Waals surface area contributed by atoms with E-state index < -0.39 is 0 Å². The molecule has 0 N–H and O–H groups in total. The summed E-state index contributed by atoms with van der Waals surface area (Å²) in [6.45, 7) is 6.49. The summed E-state index contributed by atoms with van der Waals surface area (Å²) in [4.78, 5) is 11.2. The van der Waals surface area contributed by atoms with Gasteiger partial charge >= 0.3 is 0 Å². The maximum absolute atomic E-state index is 11.2. The van der Waals surface area contributed by atoms with Crippen LogP contribution in [0.25, 0.3) is 0 Å². The zero-order chi connectivity index (χ0) is 7.72. The lowest BCUT2D eigenvalue weighted by atomic mass is 9.74. The first-order valence-electron chi connectivity index (χ1n) is 4.15. The standard InChI is InChI=1S/C9H16O/c1-6-4-5-9(10)8(3)7(6)2/h6-8H,4-5H2,1-3H3/t6-,7+,8+/m1/s1. The molecule has 1 nitrogen and oxygen atoms in total. The van der Waals surface area contributed by atoms with Crippen molar-refractivity contribution in [3.63, 3.8) is 0 Å². The van der Waals surface area contributed by atoms with E-state index in [1.165, 1.54) is 0 Å². The first kappa shape index (κ1) is 7.77. The van der Waals surface area contributed by atoms with Crippen LogP contribution in [-0.2, 0) is 4.79 Å². The van der Waals surface area contributed by atoms with Crippen LogP contribution in [0.15, 0.2) is 0 Å². The van der Waals surface area contributed by atoms with Gasteiger partial charge in [0.15, 0.2) is 0 Å². The maximum atomic E-state index is 11.2. The largest absolute Gasteiger partial charge is 0.299 e. The van der Waals surface area contributed by atoms with Crippen molar-refractivity contribution in [1.29, 1.82) is 0 Å². The molecule has 0 radical (unpaired) electrons. The van der Waals surface area contributed by atoms with E-state index in [4.69, 9.17) is 0 Å². The van der Waals surface area contributed by atoms with Crippen molar-refractivity contribution in [2.24, 2.45) is 17.8 Å². The topological polar surface area (TPSA) is 17.1 Å². The van der Waals surface area contributed by atoms with Crippen molar-refractivity contribution in [1.82, 2.24) is 0 Å². The number of hydrogen-bond acceptors (Lipinski definition) is 1. The van der Waals surface area contributed by atoms with Gasteiger partial charge in [0.05, 0.1) is 0 Å². The molecule has 0 aromatic carbocycles. The van der Waals surface area contributed by atoms with Gasteiger partial charge in [0.1, 0.15) is 5.78 Å². The van der Waals surface area contributed by atoms with Crippen LogP contribution < -0.4 is 0 Å². The van der Waals surface area contributed by atoms with Crippen molar-refractivity contribution in [2.75, 3.05) is 0 Å². The molecule has 0 unspecified atom stereocenters. The zero-order valence-electron chi connectivity index (χ0n) is 7.05. The quantitative estimate of drug-likeness (QED) is 0.504. The van der Waals surface area contributed by atoms with Gasteiger partial charge in [-0.2, -0.15) is 0 Å². The van der Waals surface area contributed by atoms with Gasteiger partial charge in [-0.05, 0) is 18.3 Å². The molecular formula is C9H16O. The Morgan fingerprint density at radius 2 is 1.90 bits per heavy atom. The average molecular weight is 140 g/mol. The number of rotatable bonds is 0. The molecule has 0 aliphatic heterocycles. The molecule has 1 saturated carbocycles. The predicted octanol–water partition coefficient (Wildman–Crippen LogP) is 2.26. The molecule has 3 atom stereocenters. The van der Waals surface area contributed by atoms with Gasteiger partial charge in [0.2, 0.25) is 0 Å². The van der Waals surface area contributed by atoms with Gasteiger partial charge in [0.25, 0.3) is 0 Å². The zero-order valence-corrected chi connectivity index (χ0v) is 7.05. The smallest absolute Gasteiger partial charge is 0.135 e. The van der Waals surface area contributed by atoms with E-state index in [9.17, 15) is 4.79 Å². The van der Waals surface area contributed by atoms with E-state index in [-0.39, 0.29) is 0 Å². The third-order valence-electron chi connectivity index (χ3n) is 3.04. The van der Waals surface area contributed by atoms with Crippen molar-refractivity contribution >= 4 is 5.78 Å². The second-order valence-electron chi connectivity index (χ2n) is 3.63. The molecule has 0 saturated heterocycles. The van der Waals surface area contributed by atoms with Crippen molar-refractivity contribution in [2.45, 2.75) is 33.6 Å². The summed E-state index contributed by atoms with van der Waals surface area (Å²) in [6.07, 6.45) is 1.91. The Morgan fingerprint density at radius 1 is 1.30 bits per heavy atom. The Hall–Kier alpha value is -0.330. The van der Waals surface area contributed by atoms with Gasteiger partial charge in [-0.25, -0.2) is 0 Å². The van der Waals surface area contributed by atoms with Gasteiger partial charge < -0.3 is 0 Å². The average Bonchev–Trinajstić information content (AvgIpc) is 1.93. The highest BCUT2D eigenvalue weighted by molar-refractivity contribution is 5.81. The maximum Gasteiger partial charge on any atom is 0.135 e. The van der Waals surface area contributed by atoms with Crippen molar-refractivity contribution < 1.29 is 4.79 Å². The fraction of sp³-hybridized carbons (Fsp3) is 0.889. The molecule has 0 spiro atoms. The number of carbonyl (C=O) groups is 1. The van der Waals surface area contributed by atoms with Crippen LogP contribution in [0.1, 0.15) is 33.6 Å². The van der Waals surface area contributed by atoms with E-state index in [0.29, 0.717) is 17.6 Å². The fourth-order valence-electron chi connectivity index (χ4n) is 1.65. The van der Waals surface area contributed by atoms with E-state index in [1.54, 1.807) is 0 Å². The summed E-state index contributed by atoms with van der Waals surface area (Å²) in [5.74, 6) is 2.11. The highest BCUT2D eigenvalue weighted by atomic mass is 16.1. The lowest BCUT2D eigenvalue weighted by Crippen LogP contribution is -2.29. The molecule has 0 heterocycles. The lowest BCUT2D eigenvalue weighted by molar-refractivity contribution is -0.127. The van der Waals surface area contributed by atoms with Crippen LogP contribution in [0, 0.1) is 17.8 Å². The molecule has 1 aliphatic carbocycles. The van der Waals surface area contributed by atoms with Crippen molar-refractivity contribution in [3.8, 4) is 0 Å². The second-order valence-corrected chi connectivity index (χ2v) is 3.63. The normalized spacial score (nSPS) is 41.9. The minimum Gasteiger partial charge on any atom is -0.299 e. The predicted molar refractivity (Wildman–Crippen MR) is 41.7 cm³/mol. The Labute approximate surface area is 62.8 Å². The van der Waals surface area contributed by atoms with Crippen LogP contribution in [-0.4, -0.2) is 5.78 Å². The van der Waals surface area contributed by atoms with Gasteiger partial charge in [-0.15, -0.1) is 0 Å². The molecule has 0 amide bonds. The monoisotopic (exact) mass is 140 g/mol. The van der Waals surface area contributed by atoms with E-state index in [1.807, 2.05) is 0 Å². The number of Topliss-reactive ketones (excluding diaryl/α,β-unsaturated/α-hetero) is 1. The molecule has 10 heavy (non-hydrogen) atoms. The molecule has 1 heteroatoms. The summed E-state index contributed by atoms with van der Waals surface area (Å²) in [5.41, 5.74) is 0. The van der Waals surface area contributed by atoms with Crippen LogP contribution in [0.5, 0.6) is 0 Å². The highest BCUT2D eigenvalue weighted by Crippen LogP contribution is 2.31. The number of carbonyl (C=O) groups excluding carboxylic acids is 1. The lowest BCUT2D eigenvalue weighted by Gasteiger charge is -2.30. The summed E-state index contributed by atoms with van der Waals surface area (Å²) < 4.78 is 0. The molecule has 1 fully saturated rings. The Kier molecular flexibility index (Phi) is 2.12. The third-order valence-corrected chi connectivity index (χ3v) is 3.04. The van der Waals surface area contributed by atoms with E-state index in [0.717, 1.165) is 18.8 Å². The summed E-state index contributed by atoms with van der Waals surface area (Å²) in [6, 6.07) is 0. The van der Waals surface area contributed by atoms with Crippen LogP contribution in [0.2, 0.25) is 0 Å². The molecular weight excluding hydrogens is 124 g/mol. The summed E-state index contributed by atoms with van der Waals surface area (Å²) in [7, 11) is 0. The SMILES string of the molecule is C[C@H]1[C@H](C)CCC(=O)[C@H]1C. The highest BCUT2D eigenvalue weighted by Gasteiger charge is 2.29. The van der Waals surface area contributed by atoms with Crippen molar-refractivity contribution in [3.05, 3.63) is 0 Å². The van der Waals surface area contributed by atoms with Gasteiger partial charge in [-0.3, -0.25) is 4.79 Å². The second kappa shape index (κ2) is 2.73. The summed E-state index contributed by atoms with van der Waals surface area (Å²) in [5, 5.41) is 0. The molecule has 1 aliphatic rings. The van der Waals surface area contributed by atoms with Crippen LogP contribution >= 0.6 is 0 Å².